The van der Waals surface area contributed by atoms with Gasteiger partial charge in [0.25, 0.3) is 0 Å². The maximum absolute atomic E-state index is 5.91. The van der Waals surface area contributed by atoms with E-state index in [1.807, 2.05) is 25.4 Å². The molecule has 0 saturated carbocycles. The SMILES string of the molecule is Cn1cc(-c2ccc(-n3nccc3N)nc2C2OCCO2)cn1. The van der Waals surface area contributed by atoms with Crippen LogP contribution in [0, 0.1) is 0 Å². The van der Waals surface area contributed by atoms with Crippen molar-refractivity contribution in [1.82, 2.24) is 24.5 Å². The molecule has 23 heavy (non-hydrogen) atoms. The van der Waals surface area contributed by atoms with Crippen LogP contribution in [0.2, 0.25) is 0 Å². The molecule has 1 fully saturated rings. The van der Waals surface area contributed by atoms with Gasteiger partial charge >= 0.3 is 0 Å². The van der Waals surface area contributed by atoms with Crippen LogP contribution >= 0.6 is 0 Å². The van der Waals surface area contributed by atoms with E-state index < -0.39 is 6.29 Å². The molecule has 0 aliphatic carbocycles. The fourth-order valence-corrected chi connectivity index (χ4v) is 2.59. The van der Waals surface area contributed by atoms with Crippen molar-refractivity contribution in [2.24, 2.45) is 7.05 Å². The monoisotopic (exact) mass is 312 g/mol. The number of anilines is 1. The molecule has 3 aromatic rings. The maximum atomic E-state index is 5.91. The molecule has 118 valence electrons. The van der Waals surface area contributed by atoms with Gasteiger partial charge in [0, 0.05) is 30.4 Å². The lowest BCUT2D eigenvalue weighted by molar-refractivity contribution is -0.0468. The van der Waals surface area contributed by atoms with Crippen LogP contribution in [0.1, 0.15) is 12.0 Å². The largest absolute Gasteiger partial charge is 0.384 e. The Morgan fingerprint density at radius 2 is 2.00 bits per heavy atom. The Labute approximate surface area is 132 Å². The molecule has 1 aliphatic heterocycles. The van der Waals surface area contributed by atoms with Crippen molar-refractivity contribution in [2.75, 3.05) is 18.9 Å². The zero-order valence-corrected chi connectivity index (χ0v) is 12.6. The molecule has 4 rings (SSSR count). The lowest BCUT2D eigenvalue weighted by Crippen LogP contribution is -2.09. The number of nitrogens with zero attached hydrogens (tertiary/aromatic N) is 5. The molecule has 1 saturated heterocycles. The minimum atomic E-state index is -0.498. The van der Waals surface area contributed by atoms with E-state index in [4.69, 9.17) is 15.2 Å². The first-order valence-electron chi connectivity index (χ1n) is 7.25. The fourth-order valence-electron chi connectivity index (χ4n) is 2.59. The van der Waals surface area contributed by atoms with E-state index >= 15 is 0 Å². The van der Waals surface area contributed by atoms with Gasteiger partial charge in [-0.1, -0.05) is 0 Å². The lowest BCUT2D eigenvalue weighted by atomic mass is 10.1. The Hall–Kier alpha value is -2.71. The number of nitrogen functional groups attached to an aromatic ring is 1. The number of nitrogens with two attached hydrogens (primary N) is 1. The van der Waals surface area contributed by atoms with E-state index in [0.717, 1.165) is 11.1 Å². The summed E-state index contributed by atoms with van der Waals surface area (Å²) in [6.45, 7) is 1.10. The number of pyridine rings is 1. The van der Waals surface area contributed by atoms with Crippen LogP contribution in [0.3, 0.4) is 0 Å². The molecule has 0 aromatic carbocycles. The van der Waals surface area contributed by atoms with E-state index in [0.29, 0.717) is 30.5 Å². The molecule has 8 heteroatoms. The second-order valence-corrected chi connectivity index (χ2v) is 5.25. The highest BCUT2D eigenvalue weighted by molar-refractivity contribution is 5.65. The van der Waals surface area contributed by atoms with E-state index in [1.165, 1.54) is 0 Å². The Morgan fingerprint density at radius 1 is 1.17 bits per heavy atom. The van der Waals surface area contributed by atoms with Crippen LogP contribution in [0.5, 0.6) is 0 Å². The highest BCUT2D eigenvalue weighted by Gasteiger charge is 2.25. The topological polar surface area (TPSA) is 93.0 Å². The van der Waals surface area contributed by atoms with Gasteiger partial charge in [-0.25, -0.2) is 4.98 Å². The lowest BCUT2D eigenvalue weighted by Gasteiger charge is -2.14. The summed E-state index contributed by atoms with van der Waals surface area (Å²) in [6, 6.07) is 5.55. The standard InChI is InChI=1S/C15H16N6O2/c1-20-9-10(8-18-20)11-2-3-13(21-12(16)4-5-17-21)19-14(11)15-22-6-7-23-15/h2-5,8-9,15H,6-7,16H2,1H3. The number of rotatable bonds is 3. The van der Waals surface area contributed by atoms with Crippen molar-refractivity contribution < 1.29 is 9.47 Å². The van der Waals surface area contributed by atoms with Gasteiger partial charge in [-0.05, 0) is 12.1 Å². The zero-order chi connectivity index (χ0) is 15.8. The summed E-state index contributed by atoms with van der Waals surface area (Å²) in [5, 5.41) is 8.41. The van der Waals surface area contributed by atoms with Crippen molar-refractivity contribution in [3.05, 3.63) is 42.5 Å². The zero-order valence-electron chi connectivity index (χ0n) is 12.6. The van der Waals surface area contributed by atoms with E-state index in [2.05, 4.69) is 15.2 Å². The Kier molecular flexibility index (Phi) is 3.32. The molecule has 0 bridgehead atoms. The summed E-state index contributed by atoms with van der Waals surface area (Å²) in [7, 11) is 1.87. The van der Waals surface area contributed by atoms with Crippen LogP contribution in [0.15, 0.2) is 36.8 Å². The Morgan fingerprint density at radius 3 is 2.65 bits per heavy atom. The highest BCUT2D eigenvalue weighted by atomic mass is 16.7. The average molecular weight is 312 g/mol. The van der Waals surface area contributed by atoms with Crippen molar-refractivity contribution in [2.45, 2.75) is 6.29 Å². The normalized spacial score (nSPS) is 15.3. The first-order valence-corrected chi connectivity index (χ1v) is 7.25. The predicted molar refractivity (Wildman–Crippen MR) is 82.6 cm³/mol. The van der Waals surface area contributed by atoms with Gasteiger partial charge in [-0.2, -0.15) is 14.9 Å². The van der Waals surface area contributed by atoms with Gasteiger partial charge in [0.1, 0.15) is 11.5 Å². The molecule has 0 radical (unpaired) electrons. The summed E-state index contributed by atoms with van der Waals surface area (Å²) >= 11 is 0. The number of hydrogen-bond donors (Lipinski definition) is 1. The van der Waals surface area contributed by atoms with Crippen molar-refractivity contribution >= 4 is 5.82 Å². The third kappa shape index (κ3) is 2.47. The first-order chi connectivity index (χ1) is 11.2. The molecule has 2 N–H and O–H groups in total. The van der Waals surface area contributed by atoms with Gasteiger partial charge < -0.3 is 15.2 Å². The number of aromatic nitrogens is 5. The molecular weight excluding hydrogens is 296 g/mol. The van der Waals surface area contributed by atoms with Gasteiger partial charge in [-0.15, -0.1) is 0 Å². The van der Waals surface area contributed by atoms with Gasteiger partial charge in [-0.3, -0.25) is 4.68 Å². The minimum Gasteiger partial charge on any atom is -0.384 e. The average Bonchev–Trinajstić information content (AvgIpc) is 3.28. The second-order valence-electron chi connectivity index (χ2n) is 5.25. The summed E-state index contributed by atoms with van der Waals surface area (Å²) < 4.78 is 14.6. The second kappa shape index (κ2) is 5.49. The van der Waals surface area contributed by atoms with Crippen LogP contribution in [0.4, 0.5) is 5.82 Å². The number of aryl methyl sites for hydroxylation is 1. The molecule has 3 aromatic heterocycles. The van der Waals surface area contributed by atoms with Gasteiger partial charge in [0.2, 0.25) is 6.29 Å². The van der Waals surface area contributed by atoms with Crippen LogP contribution < -0.4 is 5.73 Å². The van der Waals surface area contributed by atoms with E-state index in [1.54, 1.807) is 27.8 Å². The Bertz CT molecular complexity index is 834. The van der Waals surface area contributed by atoms with E-state index in [9.17, 15) is 0 Å². The van der Waals surface area contributed by atoms with Gasteiger partial charge in [0.05, 0.1) is 25.6 Å². The van der Waals surface area contributed by atoms with Crippen molar-refractivity contribution in [3.8, 4) is 16.9 Å². The van der Waals surface area contributed by atoms with Gasteiger partial charge in [0.15, 0.2) is 5.82 Å². The van der Waals surface area contributed by atoms with Crippen LogP contribution in [0.25, 0.3) is 16.9 Å². The molecule has 8 nitrogen and oxygen atoms in total. The summed E-state index contributed by atoms with van der Waals surface area (Å²) in [4.78, 5) is 4.68. The quantitative estimate of drug-likeness (QED) is 0.783. The first kappa shape index (κ1) is 13.9. The molecule has 0 unspecified atom stereocenters. The van der Waals surface area contributed by atoms with Crippen molar-refractivity contribution in [1.29, 1.82) is 0 Å². The number of ether oxygens (including phenoxy) is 2. The van der Waals surface area contributed by atoms with E-state index in [-0.39, 0.29) is 0 Å². The van der Waals surface area contributed by atoms with Crippen LogP contribution in [-0.4, -0.2) is 37.8 Å². The number of hydrogen-bond acceptors (Lipinski definition) is 6. The predicted octanol–water partition coefficient (Wildman–Crippen LogP) is 1.30. The summed E-state index contributed by atoms with van der Waals surface area (Å²) in [5.74, 6) is 1.14. The third-order valence-corrected chi connectivity index (χ3v) is 3.66. The fraction of sp³-hybridized carbons (Fsp3) is 0.267. The minimum absolute atomic E-state index is 0.498. The summed E-state index contributed by atoms with van der Waals surface area (Å²) in [6.07, 6.45) is 4.85. The molecule has 0 atom stereocenters. The molecule has 1 aliphatic rings. The maximum Gasteiger partial charge on any atom is 0.201 e. The van der Waals surface area contributed by atoms with Crippen molar-refractivity contribution in [3.63, 3.8) is 0 Å². The molecule has 4 heterocycles. The Balaban J connectivity index is 1.84. The highest BCUT2D eigenvalue weighted by Crippen LogP contribution is 2.32. The van der Waals surface area contributed by atoms with Crippen LogP contribution in [-0.2, 0) is 16.5 Å². The smallest absolute Gasteiger partial charge is 0.201 e. The third-order valence-electron chi connectivity index (χ3n) is 3.66. The molecule has 0 spiro atoms. The molecular formula is C15H16N6O2. The molecule has 0 amide bonds. The summed E-state index contributed by atoms with van der Waals surface area (Å²) in [5.41, 5.74) is 8.48.